The molecule has 3 rings (SSSR count). The van der Waals surface area contributed by atoms with Gasteiger partial charge in [-0.1, -0.05) is 0 Å². The zero-order valence-electron chi connectivity index (χ0n) is 15.7. The van der Waals surface area contributed by atoms with E-state index in [4.69, 9.17) is 24.4 Å². The van der Waals surface area contributed by atoms with Crippen molar-refractivity contribution in [1.29, 1.82) is 0 Å². The van der Waals surface area contributed by atoms with Crippen molar-refractivity contribution in [2.45, 2.75) is 31.8 Å². The molecule has 1 aromatic heterocycles. The lowest BCUT2D eigenvalue weighted by atomic mass is 9.97. The van der Waals surface area contributed by atoms with E-state index >= 15 is 0 Å². The number of rotatable bonds is 7. The molecule has 10 heteroatoms. The molecule has 1 aliphatic heterocycles. The molecule has 1 aliphatic rings. The monoisotopic (exact) mass is 410 g/mol. The number of primary amides is 1. The Hall–Kier alpha value is -3.01. The van der Waals surface area contributed by atoms with Crippen molar-refractivity contribution in [3.63, 3.8) is 0 Å². The van der Waals surface area contributed by atoms with E-state index in [0.717, 1.165) is 25.0 Å². The van der Waals surface area contributed by atoms with Gasteiger partial charge in [0.15, 0.2) is 11.6 Å². The fourth-order valence-electron chi connectivity index (χ4n) is 3.00. The number of nitrogens with zero attached hydrogens (tertiary/aromatic N) is 1. The third-order valence-corrected chi connectivity index (χ3v) is 4.45. The molecule has 0 aliphatic carbocycles. The second-order valence-corrected chi connectivity index (χ2v) is 6.35. The summed E-state index contributed by atoms with van der Waals surface area (Å²) in [5.41, 5.74) is 4.65. The number of aromatic nitrogens is 1. The number of oxazole rings is 1. The number of ether oxygens (including phenoxy) is 3. The van der Waals surface area contributed by atoms with Crippen molar-refractivity contribution in [2.75, 3.05) is 19.8 Å². The van der Waals surface area contributed by atoms with Gasteiger partial charge in [0, 0.05) is 19.1 Å². The zero-order valence-corrected chi connectivity index (χ0v) is 15.7. The van der Waals surface area contributed by atoms with E-state index in [0.29, 0.717) is 18.9 Å². The lowest BCUT2D eigenvalue weighted by Gasteiger charge is -2.19. The normalized spacial score (nSPS) is 15.7. The number of benzene rings is 1. The molecular formula is C19H20F2N2O6. The van der Waals surface area contributed by atoms with Crippen LogP contribution in [0.3, 0.4) is 0 Å². The summed E-state index contributed by atoms with van der Waals surface area (Å²) in [6, 6.07) is 1.75. The lowest BCUT2D eigenvalue weighted by molar-refractivity contribution is -0.152. The topological polar surface area (TPSA) is 114 Å². The molecule has 2 heterocycles. The minimum atomic E-state index is -1.55. The molecule has 8 nitrogen and oxygen atoms in total. The van der Waals surface area contributed by atoms with E-state index in [9.17, 15) is 18.4 Å². The quantitative estimate of drug-likeness (QED) is 0.698. The number of carbonyl (C=O) groups excluding carboxylic acids is 2. The Morgan fingerprint density at radius 3 is 2.69 bits per heavy atom. The standard InChI is InChI=1S/C19H20F2N2O6/c1-2-27-19(25)16(18-23-12(9-28-18)10-5-7-26-8-6-10)29-13-4-3-11(20)14(15(13)21)17(22)24/h3-4,9-10,16H,2,5-8H2,1H3,(H2,22,24). The van der Waals surface area contributed by atoms with E-state index in [1.54, 1.807) is 6.92 Å². The second kappa shape index (κ2) is 8.99. The van der Waals surface area contributed by atoms with Crippen molar-refractivity contribution < 1.29 is 37.0 Å². The number of amides is 1. The highest BCUT2D eigenvalue weighted by Crippen LogP contribution is 2.31. The number of esters is 1. The Kier molecular flexibility index (Phi) is 6.42. The van der Waals surface area contributed by atoms with Crippen LogP contribution in [0.25, 0.3) is 0 Å². The largest absolute Gasteiger partial charge is 0.466 e. The van der Waals surface area contributed by atoms with Gasteiger partial charge in [-0.15, -0.1) is 0 Å². The molecule has 0 bridgehead atoms. The maximum Gasteiger partial charge on any atom is 0.357 e. The number of hydrogen-bond donors (Lipinski definition) is 1. The molecule has 2 N–H and O–H groups in total. The summed E-state index contributed by atoms with van der Waals surface area (Å²) in [6.07, 6.45) is 1.33. The van der Waals surface area contributed by atoms with Crippen LogP contribution in [0.1, 0.15) is 53.7 Å². The first-order valence-electron chi connectivity index (χ1n) is 9.06. The molecule has 0 saturated carbocycles. The first-order valence-corrected chi connectivity index (χ1v) is 9.06. The smallest absolute Gasteiger partial charge is 0.357 e. The molecular weight excluding hydrogens is 390 g/mol. The predicted molar refractivity (Wildman–Crippen MR) is 94.2 cm³/mol. The van der Waals surface area contributed by atoms with Crippen LogP contribution in [0, 0.1) is 11.6 Å². The third kappa shape index (κ3) is 4.53. The summed E-state index contributed by atoms with van der Waals surface area (Å²) in [7, 11) is 0. The molecule has 0 spiro atoms. The van der Waals surface area contributed by atoms with Gasteiger partial charge in [0.1, 0.15) is 17.6 Å². The van der Waals surface area contributed by atoms with E-state index < -0.39 is 40.9 Å². The minimum Gasteiger partial charge on any atom is -0.466 e. The summed E-state index contributed by atoms with van der Waals surface area (Å²) >= 11 is 0. The first kappa shape index (κ1) is 20.7. The number of nitrogens with two attached hydrogens (primary N) is 1. The van der Waals surface area contributed by atoms with Crippen LogP contribution in [0.4, 0.5) is 8.78 Å². The van der Waals surface area contributed by atoms with Gasteiger partial charge in [0.05, 0.1) is 12.3 Å². The molecule has 1 atom stereocenters. The number of hydrogen-bond acceptors (Lipinski definition) is 7. The second-order valence-electron chi connectivity index (χ2n) is 6.35. The summed E-state index contributed by atoms with van der Waals surface area (Å²) in [5, 5.41) is 0. The van der Waals surface area contributed by atoms with Gasteiger partial charge >= 0.3 is 5.97 Å². The van der Waals surface area contributed by atoms with E-state index in [1.807, 2.05) is 0 Å². The Morgan fingerprint density at radius 1 is 1.31 bits per heavy atom. The predicted octanol–water partition coefficient (Wildman–Crippen LogP) is 2.63. The van der Waals surface area contributed by atoms with Gasteiger partial charge in [-0.2, -0.15) is 0 Å². The summed E-state index contributed by atoms with van der Waals surface area (Å²) in [6.45, 7) is 2.79. The highest BCUT2D eigenvalue weighted by atomic mass is 19.1. The van der Waals surface area contributed by atoms with Gasteiger partial charge in [0.25, 0.3) is 12.0 Å². The van der Waals surface area contributed by atoms with Crippen molar-refractivity contribution in [2.24, 2.45) is 5.73 Å². The van der Waals surface area contributed by atoms with Crippen LogP contribution in [0.5, 0.6) is 5.75 Å². The average Bonchev–Trinajstić information content (AvgIpc) is 3.18. The highest BCUT2D eigenvalue weighted by molar-refractivity contribution is 5.93. The van der Waals surface area contributed by atoms with Crippen molar-refractivity contribution in [3.8, 4) is 5.75 Å². The zero-order chi connectivity index (χ0) is 21.0. The van der Waals surface area contributed by atoms with Crippen LogP contribution in [-0.4, -0.2) is 36.7 Å². The molecule has 1 unspecified atom stereocenters. The van der Waals surface area contributed by atoms with Crippen LogP contribution >= 0.6 is 0 Å². The van der Waals surface area contributed by atoms with E-state index in [-0.39, 0.29) is 18.4 Å². The summed E-state index contributed by atoms with van der Waals surface area (Å²) in [5.74, 6) is -5.28. The maximum atomic E-state index is 14.5. The van der Waals surface area contributed by atoms with Crippen LogP contribution < -0.4 is 10.5 Å². The molecule has 2 aromatic rings. The van der Waals surface area contributed by atoms with Crippen LogP contribution in [0.15, 0.2) is 22.8 Å². The Balaban J connectivity index is 1.91. The van der Waals surface area contributed by atoms with Crippen molar-refractivity contribution in [1.82, 2.24) is 4.98 Å². The Bertz CT molecular complexity index is 895. The molecule has 1 amide bonds. The summed E-state index contributed by atoms with van der Waals surface area (Å²) < 4.78 is 49.3. The summed E-state index contributed by atoms with van der Waals surface area (Å²) in [4.78, 5) is 28.0. The third-order valence-electron chi connectivity index (χ3n) is 4.45. The fraction of sp³-hybridized carbons (Fsp3) is 0.421. The molecule has 1 saturated heterocycles. The molecule has 1 fully saturated rings. The average molecular weight is 410 g/mol. The molecule has 29 heavy (non-hydrogen) atoms. The minimum absolute atomic E-state index is 0.0324. The highest BCUT2D eigenvalue weighted by Gasteiger charge is 2.33. The molecule has 156 valence electrons. The van der Waals surface area contributed by atoms with Crippen molar-refractivity contribution in [3.05, 3.63) is 47.2 Å². The first-order chi connectivity index (χ1) is 13.9. The van der Waals surface area contributed by atoms with Crippen molar-refractivity contribution >= 4 is 11.9 Å². The van der Waals surface area contributed by atoms with Gasteiger partial charge < -0.3 is 24.4 Å². The molecule has 0 radical (unpaired) electrons. The van der Waals surface area contributed by atoms with Crippen LogP contribution in [-0.2, 0) is 14.3 Å². The number of carbonyl (C=O) groups is 2. The van der Waals surface area contributed by atoms with E-state index in [1.165, 1.54) is 6.26 Å². The number of halogens is 2. The van der Waals surface area contributed by atoms with E-state index in [2.05, 4.69) is 4.98 Å². The maximum absolute atomic E-state index is 14.5. The van der Waals surface area contributed by atoms with Gasteiger partial charge in [-0.25, -0.2) is 18.6 Å². The lowest BCUT2D eigenvalue weighted by Crippen LogP contribution is -2.23. The Labute approximate surface area is 164 Å². The van der Waals surface area contributed by atoms with Gasteiger partial charge in [0.2, 0.25) is 5.89 Å². The van der Waals surface area contributed by atoms with Crippen LogP contribution in [0.2, 0.25) is 0 Å². The Morgan fingerprint density at radius 2 is 2.03 bits per heavy atom. The SMILES string of the molecule is CCOC(=O)C(Oc1ccc(F)c(C(N)=O)c1F)c1nc(C2CCOCC2)co1. The molecule has 1 aromatic carbocycles. The fourth-order valence-corrected chi connectivity index (χ4v) is 3.00. The van der Waals surface area contributed by atoms with Gasteiger partial charge in [-0.05, 0) is 31.9 Å². The van der Waals surface area contributed by atoms with Gasteiger partial charge in [-0.3, -0.25) is 4.79 Å².